The van der Waals surface area contributed by atoms with E-state index in [1.54, 1.807) is 20.9 Å². The Labute approximate surface area is 293 Å². The van der Waals surface area contributed by atoms with E-state index >= 15 is 0 Å². The zero-order valence-electron chi connectivity index (χ0n) is 30.4. The van der Waals surface area contributed by atoms with Crippen LogP contribution in [-0.2, 0) is 47.7 Å². The SMILES string of the molecule is C=C1[C@@H](OC(=O)CC(NC)c2ccccc2)C[C@H](O)[C@@]2(C)[C@@H](OC(C)=O)[C@H](OC(C)=O)C3=C(C)[C@@H](OC(C)=O)C[C@@H]([C@@H](OC(C)=O)[C@H]12)C3(C)C. The lowest BCUT2D eigenvalue weighted by Gasteiger charge is -2.61. The molecule has 0 radical (unpaired) electrons. The smallest absolute Gasteiger partial charge is 0.308 e. The number of esters is 5. The minimum atomic E-state index is -1.49. The highest BCUT2D eigenvalue weighted by Gasteiger charge is 2.67. The second kappa shape index (κ2) is 15.1. The van der Waals surface area contributed by atoms with E-state index in [4.69, 9.17) is 23.7 Å². The van der Waals surface area contributed by atoms with Gasteiger partial charge in [0.1, 0.15) is 18.3 Å². The van der Waals surface area contributed by atoms with Crippen LogP contribution in [0.2, 0.25) is 0 Å². The fraction of sp³-hybridized carbons (Fsp3) is 0.605. The molecule has 274 valence electrons. The minimum Gasteiger partial charge on any atom is -0.462 e. The summed E-state index contributed by atoms with van der Waals surface area (Å²) in [5.41, 5.74) is -0.0424. The van der Waals surface area contributed by atoms with Gasteiger partial charge in [0.25, 0.3) is 0 Å². The van der Waals surface area contributed by atoms with Crippen molar-refractivity contribution in [1.82, 2.24) is 5.32 Å². The lowest BCUT2D eigenvalue weighted by atomic mass is 9.48. The standard InChI is InChI=1S/C38H51NO11/c1-19-28(46-21(3)40)16-26-34(47-22(4)41)33-20(2)29(50-31(45)17-27(39-10)25-14-12-11-13-15-25)18-30(44)38(33,9)36(49-24(6)43)35(48-23(5)42)32(19)37(26,7)8/h11-15,26-30,33-36,39,44H,2,16-18H2,1,3-10H3/t26-,27?,28-,29-,30-,33-,34+,35+,36-,38+/m0/s1. The van der Waals surface area contributed by atoms with E-state index in [0.29, 0.717) is 16.7 Å². The minimum absolute atomic E-state index is 0.0204. The largest absolute Gasteiger partial charge is 0.462 e. The summed E-state index contributed by atoms with van der Waals surface area (Å²) in [5, 5.41) is 15.3. The van der Waals surface area contributed by atoms with Crippen molar-refractivity contribution < 1.29 is 52.8 Å². The molecule has 1 aromatic carbocycles. The van der Waals surface area contributed by atoms with Crippen LogP contribution in [0, 0.1) is 22.7 Å². The molecule has 2 saturated carbocycles. The number of hydrogen-bond acceptors (Lipinski definition) is 12. The maximum absolute atomic E-state index is 13.5. The van der Waals surface area contributed by atoms with E-state index < -0.39 is 89.1 Å². The highest BCUT2D eigenvalue weighted by Crippen LogP contribution is 2.61. The third-order valence-corrected chi connectivity index (χ3v) is 10.9. The van der Waals surface area contributed by atoms with Crippen molar-refractivity contribution in [3.05, 3.63) is 59.2 Å². The van der Waals surface area contributed by atoms with Crippen LogP contribution < -0.4 is 5.32 Å². The summed E-state index contributed by atoms with van der Waals surface area (Å²) in [5.74, 6) is -4.67. The van der Waals surface area contributed by atoms with Crippen LogP contribution in [0.15, 0.2) is 53.6 Å². The van der Waals surface area contributed by atoms with Gasteiger partial charge in [0.15, 0.2) is 12.2 Å². The van der Waals surface area contributed by atoms with Crippen LogP contribution in [0.5, 0.6) is 0 Å². The van der Waals surface area contributed by atoms with E-state index in [2.05, 4.69) is 11.9 Å². The molecular weight excluding hydrogens is 646 g/mol. The first-order chi connectivity index (χ1) is 23.3. The topological polar surface area (TPSA) is 164 Å². The molecule has 1 unspecified atom stereocenters. The predicted molar refractivity (Wildman–Crippen MR) is 181 cm³/mol. The molecule has 50 heavy (non-hydrogen) atoms. The van der Waals surface area contributed by atoms with Gasteiger partial charge in [-0.15, -0.1) is 0 Å². The van der Waals surface area contributed by atoms with Crippen LogP contribution in [0.4, 0.5) is 0 Å². The van der Waals surface area contributed by atoms with Crippen molar-refractivity contribution in [2.45, 2.75) is 117 Å². The summed E-state index contributed by atoms with van der Waals surface area (Å²) in [4.78, 5) is 64.5. The highest BCUT2D eigenvalue weighted by molar-refractivity contribution is 5.71. The summed E-state index contributed by atoms with van der Waals surface area (Å²) < 4.78 is 30.1. The second-order valence-corrected chi connectivity index (χ2v) is 14.5. The number of benzene rings is 1. The Hall–Kier alpha value is -4.03. The van der Waals surface area contributed by atoms with Gasteiger partial charge < -0.3 is 34.1 Å². The van der Waals surface area contributed by atoms with Crippen molar-refractivity contribution in [3.8, 4) is 0 Å². The maximum atomic E-state index is 13.5. The lowest BCUT2D eigenvalue weighted by Crippen LogP contribution is -2.68. The Balaban J connectivity index is 1.91. The van der Waals surface area contributed by atoms with Gasteiger partial charge in [-0.25, -0.2) is 0 Å². The Kier molecular flexibility index (Phi) is 11.7. The van der Waals surface area contributed by atoms with Gasteiger partial charge in [-0.1, -0.05) is 57.7 Å². The molecule has 2 N–H and O–H groups in total. The number of carbonyl (C=O) groups is 5. The molecule has 0 saturated heterocycles. The third kappa shape index (κ3) is 7.51. The van der Waals surface area contributed by atoms with Gasteiger partial charge in [-0.2, -0.15) is 0 Å². The molecule has 12 nitrogen and oxygen atoms in total. The Morgan fingerprint density at radius 1 is 0.860 bits per heavy atom. The van der Waals surface area contributed by atoms with Gasteiger partial charge in [-0.05, 0) is 48.1 Å². The Morgan fingerprint density at radius 3 is 1.98 bits per heavy atom. The van der Waals surface area contributed by atoms with Gasteiger partial charge in [0.2, 0.25) is 0 Å². The molecular formula is C38H51NO11. The average Bonchev–Trinajstić information content (AvgIpc) is 3.01. The summed E-state index contributed by atoms with van der Waals surface area (Å²) in [6.45, 7) is 16.7. The van der Waals surface area contributed by atoms with Gasteiger partial charge in [0.05, 0.1) is 12.5 Å². The van der Waals surface area contributed by atoms with Crippen LogP contribution in [0.1, 0.15) is 86.3 Å². The molecule has 3 aliphatic rings. The summed E-state index contributed by atoms with van der Waals surface area (Å²) in [6, 6.07) is 9.07. The van der Waals surface area contributed by atoms with Crippen molar-refractivity contribution >= 4 is 29.8 Å². The second-order valence-electron chi connectivity index (χ2n) is 14.5. The zero-order chi connectivity index (χ0) is 37.3. The summed E-state index contributed by atoms with van der Waals surface area (Å²) >= 11 is 0. The molecule has 1 aromatic rings. The van der Waals surface area contributed by atoms with Crippen LogP contribution in [-0.4, -0.2) is 78.6 Å². The summed E-state index contributed by atoms with van der Waals surface area (Å²) in [6.07, 6.45) is -6.68. The predicted octanol–water partition coefficient (Wildman–Crippen LogP) is 4.30. The van der Waals surface area contributed by atoms with Crippen molar-refractivity contribution in [2.24, 2.45) is 22.7 Å². The van der Waals surface area contributed by atoms with Crippen molar-refractivity contribution in [2.75, 3.05) is 7.05 Å². The Morgan fingerprint density at radius 2 is 1.44 bits per heavy atom. The molecule has 2 bridgehead atoms. The van der Waals surface area contributed by atoms with E-state index in [1.807, 2.05) is 44.2 Å². The van der Waals surface area contributed by atoms with Crippen molar-refractivity contribution in [1.29, 1.82) is 0 Å². The van der Waals surface area contributed by atoms with E-state index in [0.717, 1.165) is 5.56 Å². The molecule has 2 fully saturated rings. The first-order valence-corrected chi connectivity index (χ1v) is 17.0. The number of carbonyl (C=O) groups excluding carboxylic acids is 5. The number of ether oxygens (including phenoxy) is 5. The number of nitrogens with one attached hydrogen (secondary N) is 1. The molecule has 0 aliphatic heterocycles. The zero-order valence-corrected chi connectivity index (χ0v) is 30.4. The van der Waals surface area contributed by atoms with E-state index in [1.165, 1.54) is 27.7 Å². The summed E-state index contributed by atoms with van der Waals surface area (Å²) in [7, 11) is 1.74. The number of fused-ring (bicyclic) bond motifs is 3. The fourth-order valence-electron chi connectivity index (χ4n) is 8.69. The van der Waals surface area contributed by atoms with E-state index in [-0.39, 0.29) is 25.3 Å². The molecule has 0 heterocycles. The van der Waals surface area contributed by atoms with Gasteiger partial charge in [0, 0.05) is 57.4 Å². The first kappa shape index (κ1) is 38.8. The molecule has 3 aliphatic carbocycles. The molecule has 10 atom stereocenters. The van der Waals surface area contributed by atoms with E-state index in [9.17, 15) is 29.1 Å². The van der Waals surface area contributed by atoms with Gasteiger partial charge in [-0.3, -0.25) is 24.0 Å². The van der Waals surface area contributed by atoms with Crippen LogP contribution in [0.3, 0.4) is 0 Å². The average molecular weight is 698 g/mol. The molecule has 0 spiro atoms. The van der Waals surface area contributed by atoms with Crippen LogP contribution >= 0.6 is 0 Å². The third-order valence-electron chi connectivity index (χ3n) is 10.9. The first-order valence-electron chi connectivity index (χ1n) is 17.0. The number of hydrogen-bond donors (Lipinski definition) is 2. The number of aliphatic hydroxyl groups excluding tert-OH is 1. The van der Waals surface area contributed by atoms with Crippen LogP contribution in [0.25, 0.3) is 0 Å². The van der Waals surface area contributed by atoms with Gasteiger partial charge >= 0.3 is 29.8 Å². The fourth-order valence-corrected chi connectivity index (χ4v) is 8.69. The highest BCUT2D eigenvalue weighted by atomic mass is 16.6. The molecule has 12 heteroatoms. The maximum Gasteiger partial charge on any atom is 0.308 e. The lowest BCUT2D eigenvalue weighted by molar-refractivity contribution is -0.224. The quantitative estimate of drug-likeness (QED) is 0.214. The monoisotopic (exact) mass is 697 g/mol. The number of rotatable bonds is 9. The van der Waals surface area contributed by atoms with Crippen molar-refractivity contribution in [3.63, 3.8) is 0 Å². The normalized spacial score (nSPS) is 32.3. The number of aliphatic hydroxyl groups is 1. The molecule has 0 aromatic heterocycles. The Bertz CT molecular complexity index is 1530. The molecule has 0 amide bonds. The molecule has 4 rings (SSSR count).